The van der Waals surface area contributed by atoms with E-state index in [2.05, 4.69) is 32.9 Å². The summed E-state index contributed by atoms with van der Waals surface area (Å²) >= 11 is 0. The fraction of sp³-hybridized carbons (Fsp3) is 0.667. The van der Waals surface area contributed by atoms with Crippen LogP contribution in [0.15, 0.2) is 12.1 Å². The van der Waals surface area contributed by atoms with Crippen LogP contribution in [0.4, 0.5) is 0 Å². The molecule has 0 radical (unpaired) electrons. The second kappa shape index (κ2) is 6.17. The van der Waals surface area contributed by atoms with E-state index in [0.717, 1.165) is 24.5 Å². The number of nitrogens with two attached hydrogens (primary N) is 1. The minimum atomic E-state index is -0.201. The molecule has 1 saturated carbocycles. The lowest BCUT2D eigenvalue weighted by atomic mass is 9.71. The highest BCUT2D eigenvalue weighted by molar-refractivity contribution is 5.47. The van der Waals surface area contributed by atoms with Crippen LogP contribution in [0.2, 0.25) is 0 Å². The first kappa shape index (κ1) is 15.4. The highest BCUT2D eigenvalue weighted by Crippen LogP contribution is 2.43. The van der Waals surface area contributed by atoms with Gasteiger partial charge in [-0.3, -0.25) is 0 Å². The fourth-order valence-electron chi connectivity index (χ4n) is 3.87. The number of ether oxygens (including phenoxy) is 1. The van der Waals surface area contributed by atoms with E-state index in [1.54, 1.807) is 7.11 Å². The van der Waals surface area contributed by atoms with Gasteiger partial charge in [-0.25, -0.2) is 0 Å². The molecule has 112 valence electrons. The standard InChI is InChI=1S/C18H29NO/c1-5-6-15-7-9-18(19,10-8-15)17-14(3)11-13(2)12-16(17)20-4/h11-12,15H,5-10,19H2,1-4H3. The number of methoxy groups -OCH3 is 1. The molecule has 0 saturated heterocycles. The van der Waals surface area contributed by atoms with Crippen LogP contribution < -0.4 is 10.5 Å². The molecule has 0 aromatic heterocycles. The van der Waals surface area contributed by atoms with Crippen LogP contribution in [0, 0.1) is 19.8 Å². The lowest BCUT2D eigenvalue weighted by Crippen LogP contribution is -2.41. The smallest absolute Gasteiger partial charge is 0.124 e. The molecule has 1 aliphatic carbocycles. The molecule has 2 rings (SSSR count). The van der Waals surface area contributed by atoms with Crippen LogP contribution in [0.25, 0.3) is 0 Å². The Hall–Kier alpha value is -1.02. The van der Waals surface area contributed by atoms with Gasteiger partial charge >= 0.3 is 0 Å². The number of benzene rings is 1. The molecule has 1 aromatic rings. The molecule has 2 heteroatoms. The van der Waals surface area contributed by atoms with Gasteiger partial charge in [0.2, 0.25) is 0 Å². The van der Waals surface area contributed by atoms with Gasteiger partial charge in [-0.2, -0.15) is 0 Å². The van der Waals surface area contributed by atoms with Crippen molar-refractivity contribution >= 4 is 0 Å². The van der Waals surface area contributed by atoms with Crippen LogP contribution in [0.3, 0.4) is 0 Å². The molecule has 1 fully saturated rings. The third-order valence-corrected chi connectivity index (χ3v) is 4.86. The first-order chi connectivity index (χ1) is 9.50. The molecule has 20 heavy (non-hydrogen) atoms. The molecule has 0 unspecified atom stereocenters. The van der Waals surface area contributed by atoms with Crippen molar-refractivity contribution in [1.82, 2.24) is 0 Å². The Labute approximate surface area is 123 Å². The van der Waals surface area contributed by atoms with E-state index in [1.165, 1.54) is 42.4 Å². The van der Waals surface area contributed by atoms with E-state index in [-0.39, 0.29) is 5.54 Å². The average molecular weight is 275 g/mol. The zero-order chi connectivity index (χ0) is 14.8. The van der Waals surface area contributed by atoms with Gasteiger partial charge in [-0.15, -0.1) is 0 Å². The molecular formula is C18H29NO. The predicted octanol–water partition coefficient (Wildman–Crippen LogP) is 4.46. The molecule has 0 spiro atoms. The van der Waals surface area contributed by atoms with Crippen molar-refractivity contribution < 1.29 is 4.74 Å². The maximum absolute atomic E-state index is 6.79. The number of hydrogen-bond acceptors (Lipinski definition) is 2. The van der Waals surface area contributed by atoms with Gasteiger partial charge in [0.15, 0.2) is 0 Å². The summed E-state index contributed by atoms with van der Waals surface area (Å²) in [5.41, 5.74) is 10.3. The summed E-state index contributed by atoms with van der Waals surface area (Å²) in [6, 6.07) is 4.35. The van der Waals surface area contributed by atoms with Crippen molar-refractivity contribution in [2.45, 2.75) is 64.8 Å². The van der Waals surface area contributed by atoms with Crippen LogP contribution in [0.1, 0.15) is 62.1 Å². The second-order valence-electron chi connectivity index (χ2n) is 6.55. The molecule has 0 heterocycles. The van der Waals surface area contributed by atoms with Gasteiger partial charge in [0, 0.05) is 11.1 Å². The zero-order valence-corrected chi connectivity index (χ0v) is 13.5. The summed E-state index contributed by atoms with van der Waals surface area (Å²) < 4.78 is 5.62. The van der Waals surface area contributed by atoms with Crippen LogP contribution >= 0.6 is 0 Å². The van der Waals surface area contributed by atoms with E-state index in [4.69, 9.17) is 10.5 Å². The fourth-order valence-corrected chi connectivity index (χ4v) is 3.87. The quantitative estimate of drug-likeness (QED) is 0.880. The monoisotopic (exact) mass is 275 g/mol. The van der Waals surface area contributed by atoms with Gasteiger partial charge in [0.05, 0.1) is 7.11 Å². The molecule has 2 N–H and O–H groups in total. The van der Waals surface area contributed by atoms with Crippen molar-refractivity contribution in [2.75, 3.05) is 7.11 Å². The number of aryl methyl sites for hydroxylation is 2. The summed E-state index contributed by atoms with van der Waals surface area (Å²) in [7, 11) is 1.75. The topological polar surface area (TPSA) is 35.2 Å². The van der Waals surface area contributed by atoms with E-state index in [1.807, 2.05) is 0 Å². The van der Waals surface area contributed by atoms with Crippen molar-refractivity contribution in [1.29, 1.82) is 0 Å². The van der Waals surface area contributed by atoms with Crippen molar-refractivity contribution in [3.63, 3.8) is 0 Å². The van der Waals surface area contributed by atoms with Gasteiger partial charge < -0.3 is 10.5 Å². The van der Waals surface area contributed by atoms with Gasteiger partial charge in [0.25, 0.3) is 0 Å². The molecular weight excluding hydrogens is 246 g/mol. The summed E-state index contributed by atoms with van der Waals surface area (Å²) in [6.45, 7) is 6.55. The molecule has 2 nitrogen and oxygen atoms in total. The molecule has 0 aliphatic heterocycles. The second-order valence-corrected chi connectivity index (χ2v) is 6.55. The highest BCUT2D eigenvalue weighted by Gasteiger charge is 2.36. The maximum Gasteiger partial charge on any atom is 0.124 e. The maximum atomic E-state index is 6.79. The average Bonchev–Trinajstić information content (AvgIpc) is 2.40. The number of rotatable bonds is 4. The zero-order valence-electron chi connectivity index (χ0n) is 13.5. The van der Waals surface area contributed by atoms with Crippen LogP contribution in [-0.2, 0) is 5.54 Å². The Balaban J connectivity index is 2.27. The minimum absolute atomic E-state index is 0.201. The van der Waals surface area contributed by atoms with E-state index in [0.29, 0.717) is 0 Å². The van der Waals surface area contributed by atoms with Crippen LogP contribution in [0.5, 0.6) is 5.75 Å². The van der Waals surface area contributed by atoms with Gasteiger partial charge in [-0.1, -0.05) is 25.8 Å². The molecule has 0 bridgehead atoms. The van der Waals surface area contributed by atoms with Gasteiger partial charge in [0.1, 0.15) is 5.75 Å². The van der Waals surface area contributed by atoms with Crippen LogP contribution in [-0.4, -0.2) is 7.11 Å². The normalized spacial score (nSPS) is 26.6. The Kier molecular flexibility index (Phi) is 4.74. The summed E-state index contributed by atoms with van der Waals surface area (Å²) in [4.78, 5) is 0. The first-order valence-corrected chi connectivity index (χ1v) is 7.94. The van der Waals surface area contributed by atoms with E-state index >= 15 is 0 Å². The molecule has 1 aromatic carbocycles. The Bertz CT molecular complexity index is 459. The summed E-state index contributed by atoms with van der Waals surface area (Å²) in [5.74, 6) is 1.84. The lowest BCUT2D eigenvalue weighted by molar-refractivity contribution is 0.220. The summed E-state index contributed by atoms with van der Waals surface area (Å²) in [5, 5.41) is 0. The molecule has 0 atom stereocenters. The Morgan fingerprint density at radius 3 is 2.45 bits per heavy atom. The predicted molar refractivity (Wildman–Crippen MR) is 85.2 cm³/mol. The van der Waals surface area contributed by atoms with E-state index in [9.17, 15) is 0 Å². The SMILES string of the molecule is CCCC1CCC(N)(c2c(C)cc(C)cc2OC)CC1. The van der Waals surface area contributed by atoms with Crippen molar-refractivity contribution in [3.8, 4) is 5.75 Å². The van der Waals surface area contributed by atoms with Crippen molar-refractivity contribution in [3.05, 3.63) is 28.8 Å². The summed E-state index contributed by atoms with van der Waals surface area (Å²) in [6.07, 6.45) is 7.30. The first-order valence-electron chi connectivity index (χ1n) is 7.94. The Morgan fingerprint density at radius 1 is 1.25 bits per heavy atom. The third-order valence-electron chi connectivity index (χ3n) is 4.86. The number of hydrogen-bond donors (Lipinski definition) is 1. The Morgan fingerprint density at radius 2 is 1.90 bits per heavy atom. The van der Waals surface area contributed by atoms with Crippen molar-refractivity contribution in [2.24, 2.45) is 11.7 Å². The highest BCUT2D eigenvalue weighted by atomic mass is 16.5. The molecule has 0 amide bonds. The third kappa shape index (κ3) is 3.01. The lowest BCUT2D eigenvalue weighted by Gasteiger charge is -2.39. The largest absolute Gasteiger partial charge is 0.496 e. The van der Waals surface area contributed by atoms with E-state index < -0.39 is 0 Å². The van der Waals surface area contributed by atoms with Gasteiger partial charge in [-0.05, 0) is 62.6 Å². The minimum Gasteiger partial charge on any atom is -0.496 e. The molecule has 1 aliphatic rings.